The van der Waals surface area contributed by atoms with E-state index < -0.39 is 15.9 Å². The Morgan fingerprint density at radius 2 is 1.86 bits per heavy atom. The molecule has 9 nitrogen and oxygen atoms in total. The van der Waals surface area contributed by atoms with E-state index in [4.69, 9.17) is 4.74 Å². The Hall–Kier alpha value is -3.11. The highest BCUT2D eigenvalue weighted by Gasteiger charge is 2.30. The zero-order valence-corrected chi connectivity index (χ0v) is 15.7. The van der Waals surface area contributed by atoms with Crippen molar-refractivity contribution >= 4 is 32.7 Å². The highest BCUT2D eigenvalue weighted by atomic mass is 32.2. The molecule has 3 aromatic rings. The molecule has 0 spiro atoms. The average Bonchev–Trinajstić information content (AvgIpc) is 3.38. The molecule has 1 aliphatic carbocycles. The van der Waals surface area contributed by atoms with Gasteiger partial charge in [0.2, 0.25) is 10.0 Å². The molecule has 1 fully saturated rings. The van der Waals surface area contributed by atoms with Crippen molar-refractivity contribution in [1.82, 2.24) is 14.7 Å². The third-order valence-corrected chi connectivity index (χ3v) is 5.93. The fourth-order valence-electron chi connectivity index (χ4n) is 2.83. The first-order valence-electron chi connectivity index (χ1n) is 8.59. The molecule has 1 amide bonds. The Kier molecular flexibility index (Phi) is 4.44. The summed E-state index contributed by atoms with van der Waals surface area (Å²) in [5.41, 5.74) is 1.46. The first kappa shape index (κ1) is 18.3. The van der Waals surface area contributed by atoms with Crippen molar-refractivity contribution in [2.75, 3.05) is 12.4 Å². The molecule has 0 atom stereocenters. The molecule has 0 aliphatic heterocycles. The lowest BCUT2D eigenvalue weighted by atomic mass is 10.2. The van der Waals surface area contributed by atoms with Crippen molar-refractivity contribution in [2.45, 2.75) is 23.8 Å². The number of aromatic nitrogens is 2. The number of H-pyrrole nitrogens is 2. The monoisotopic (exact) mass is 402 g/mol. The minimum Gasteiger partial charge on any atom is -0.495 e. The lowest BCUT2D eigenvalue weighted by Crippen LogP contribution is -2.26. The van der Waals surface area contributed by atoms with Gasteiger partial charge in [0, 0.05) is 17.3 Å². The van der Waals surface area contributed by atoms with Crippen molar-refractivity contribution in [3.63, 3.8) is 0 Å². The highest BCUT2D eigenvalue weighted by Crippen LogP contribution is 2.28. The lowest BCUT2D eigenvalue weighted by Gasteiger charge is -2.12. The number of imidazole rings is 1. The summed E-state index contributed by atoms with van der Waals surface area (Å²) >= 11 is 0. The van der Waals surface area contributed by atoms with E-state index in [0.29, 0.717) is 16.7 Å². The molecule has 10 heteroatoms. The molecule has 0 saturated heterocycles. The second kappa shape index (κ2) is 6.80. The summed E-state index contributed by atoms with van der Waals surface area (Å²) in [4.78, 5) is 29.1. The van der Waals surface area contributed by atoms with Crippen LogP contribution in [0.3, 0.4) is 0 Å². The Labute approximate surface area is 160 Å². The standard InChI is InChI=1S/C18H18N4O5S/c1-27-15-7-2-10(8-16(15)28(25,26)22-11-3-4-11)17(23)19-12-5-6-13-14(9-12)21-18(24)20-13/h2,5-9,11,22H,3-4H2,1H3,(H,19,23)(H2,20,21,24). The number of hydrogen-bond donors (Lipinski definition) is 4. The minimum absolute atomic E-state index is 0.0672. The van der Waals surface area contributed by atoms with Gasteiger partial charge in [-0.15, -0.1) is 0 Å². The molecule has 1 heterocycles. The molecule has 1 saturated carbocycles. The van der Waals surface area contributed by atoms with Crippen LogP contribution >= 0.6 is 0 Å². The summed E-state index contributed by atoms with van der Waals surface area (Å²) in [5, 5.41) is 2.70. The predicted octanol–water partition coefficient (Wildman–Crippen LogP) is 1.56. The fraction of sp³-hybridized carbons (Fsp3) is 0.222. The summed E-state index contributed by atoms with van der Waals surface area (Å²) in [7, 11) is -2.42. The number of nitrogens with one attached hydrogen (secondary N) is 4. The van der Waals surface area contributed by atoms with Gasteiger partial charge in [0.05, 0.1) is 18.1 Å². The third-order valence-electron chi connectivity index (χ3n) is 4.39. The van der Waals surface area contributed by atoms with Gasteiger partial charge in [0.1, 0.15) is 10.6 Å². The van der Waals surface area contributed by atoms with E-state index in [1.807, 2.05) is 0 Å². The van der Waals surface area contributed by atoms with Crippen molar-refractivity contribution in [1.29, 1.82) is 0 Å². The number of ether oxygens (including phenoxy) is 1. The number of anilines is 1. The van der Waals surface area contributed by atoms with E-state index >= 15 is 0 Å². The van der Waals surface area contributed by atoms with Crippen LogP contribution in [0.15, 0.2) is 46.1 Å². The van der Waals surface area contributed by atoms with Gasteiger partial charge < -0.3 is 20.0 Å². The van der Waals surface area contributed by atoms with Gasteiger partial charge in [0.15, 0.2) is 0 Å². The van der Waals surface area contributed by atoms with Gasteiger partial charge in [0.25, 0.3) is 5.91 Å². The molecule has 2 aromatic carbocycles. The lowest BCUT2D eigenvalue weighted by molar-refractivity contribution is 0.102. The Morgan fingerprint density at radius 3 is 2.57 bits per heavy atom. The minimum atomic E-state index is -3.79. The Morgan fingerprint density at radius 1 is 1.11 bits per heavy atom. The van der Waals surface area contributed by atoms with Crippen LogP contribution < -0.4 is 20.5 Å². The fourth-order valence-corrected chi connectivity index (χ4v) is 4.33. The van der Waals surface area contributed by atoms with E-state index in [-0.39, 0.29) is 27.9 Å². The Bertz CT molecular complexity index is 1220. The normalized spacial score (nSPS) is 14.2. The molecule has 28 heavy (non-hydrogen) atoms. The quantitative estimate of drug-likeness (QED) is 0.497. The van der Waals surface area contributed by atoms with Crippen LogP contribution in [0.2, 0.25) is 0 Å². The average molecular weight is 402 g/mol. The maximum absolute atomic E-state index is 12.6. The van der Waals surface area contributed by atoms with Crippen LogP contribution in [0.4, 0.5) is 5.69 Å². The van der Waals surface area contributed by atoms with Crippen molar-refractivity contribution in [2.24, 2.45) is 0 Å². The number of aromatic amines is 2. The summed E-state index contributed by atoms with van der Waals surface area (Å²) in [6, 6.07) is 9.06. The van der Waals surface area contributed by atoms with Crippen molar-refractivity contribution in [3.8, 4) is 5.75 Å². The number of rotatable bonds is 6. The van der Waals surface area contributed by atoms with E-state index in [0.717, 1.165) is 12.8 Å². The second-order valence-corrected chi connectivity index (χ2v) is 8.24. The van der Waals surface area contributed by atoms with Gasteiger partial charge in [-0.1, -0.05) is 0 Å². The molecule has 1 aliphatic rings. The molecule has 0 radical (unpaired) electrons. The van der Waals surface area contributed by atoms with Gasteiger partial charge in [-0.3, -0.25) is 4.79 Å². The first-order chi connectivity index (χ1) is 13.4. The molecule has 0 bridgehead atoms. The number of hydrogen-bond acceptors (Lipinski definition) is 5. The molecule has 146 valence electrons. The molecular weight excluding hydrogens is 384 g/mol. The first-order valence-corrected chi connectivity index (χ1v) is 10.1. The molecular formula is C18H18N4O5S. The van der Waals surface area contributed by atoms with Gasteiger partial charge in [-0.2, -0.15) is 0 Å². The van der Waals surface area contributed by atoms with Gasteiger partial charge in [-0.05, 0) is 49.2 Å². The van der Waals surface area contributed by atoms with E-state index in [2.05, 4.69) is 20.0 Å². The third kappa shape index (κ3) is 3.64. The smallest absolute Gasteiger partial charge is 0.323 e. The number of fused-ring (bicyclic) bond motifs is 1. The van der Waals surface area contributed by atoms with Crippen LogP contribution in [0.25, 0.3) is 11.0 Å². The molecule has 1 aromatic heterocycles. The van der Waals surface area contributed by atoms with Crippen LogP contribution in [0, 0.1) is 0 Å². The number of carbonyl (C=O) groups excluding carboxylic acids is 1. The van der Waals surface area contributed by atoms with Gasteiger partial charge >= 0.3 is 5.69 Å². The molecule has 0 unspecified atom stereocenters. The summed E-state index contributed by atoms with van der Waals surface area (Å²) < 4.78 is 32.9. The highest BCUT2D eigenvalue weighted by molar-refractivity contribution is 7.89. The maximum atomic E-state index is 12.6. The zero-order chi connectivity index (χ0) is 19.9. The Balaban J connectivity index is 1.62. The van der Waals surface area contributed by atoms with E-state index in [1.165, 1.54) is 25.3 Å². The molecule has 4 rings (SSSR count). The van der Waals surface area contributed by atoms with Crippen molar-refractivity contribution in [3.05, 3.63) is 52.4 Å². The predicted molar refractivity (Wildman–Crippen MR) is 103 cm³/mol. The van der Waals surface area contributed by atoms with E-state index in [1.54, 1.807) is 18.2 Å². The van der Waals surface area contributed by atoms with Crippen LogP contribution in [-0.2, 0) is 10.0 Å². The number of carbonyl (C=O) groups is 1. The number of benzene rings is 2. The number of methoxy groups -OCH3 is 1. The van der Waals surface area contributed by atoms with Crippen LogP contribution in [0.5, 0.6) is 5.75 Å². The SMILES string of the molecule is COc1ccc(C(=O)Nc2ccc3[nH]c(=O)[nH]c3c2)cc1S(=O)(=O)NC1CC1. The second-order valence-electron chi connectivity index (χ2n) is 6.55. The van der Waals surface area contributed by atoms with Gasteiger partial charge in [-0.25, -0.2) is 17.9 Å². The summed E-state index contributed by atoms with van der Waals surface area (Å²) in [6.07, 6.45) is 1.59. The number of sulfonamides is 1. The zero-order valence-electron chi connectivity index (χ0n) is 14.9. The molecule has 4 N–H and O–H groups in total. The van der Waals surface area contributed by atoms with Crippen LogP contribution in [-0.4, -0.2) is 37.4 Å². The van der Waals surface area contributed by atoms with E-state index in [9.17, 15) is 18.0 Å². The summed E-state index contributed by atoms with van der Waals surface area (Å²) in [5.74, 6) is -0.321. The maximum Gasteiger partial charge on any atom is 0.323 e. The topological polar surface area (TPSA) is 133 Å². The van der Waals surface area contributed by atoms with Crippen molar-refractivity contribution < 1.29 is 17.9 Å². The largest absolute Gasteiger partial charge is 0.495 e. The summed E-state index contributed by atoms with van der Waals surface area (Å²) in [6.45, 7) is 0. The van der Waals surface area contributed by atoms with Crippen LogP contribution in [0.1, 0.15) is 23.2 Å². The number of amides is 1.